The fourth-order valence-electron chi connectivity index (χ4n) is 2.49. The number of aryl methyl sites for hydroxylation is 1. The van der Waals surface area contributed by atoms with E-state index < -0.39 is 0 Å². The average Bonchev–Trinajstić information content (AvgIpc) is 2.37. The van der Waals surface area contributed by atoms with E-state index in [1.54, 1.807) is 0 Å². The van der Waals surface area contributed by atoms with Crippen LogP contribution in [-0.4, -0.2) is 19.6 Å². The Labute approximate surface area is 112 Å². The van der Waals surface area contributed by atoms with Gasteiger partial charge in [-0.3, -0.25) is 0 Å². The van der Waals surface area contributed by atoms with Gasteiger partial charge in [-0.15, -0.1) is 0 Å². The molecule has 2 heteroatoms. The molecule has 1 aromatic rings. The molecule has 1 aromatic carbocycles. The van der Waals surface area contributed by atoms with E-state index in [4.69, 9.17) is 0 Å². The number of anilines is 1. The van der Waals surface area contributed by atoms with Crippen LogP contribution in [0.5, 0.6) is 0 Å². The van der Waals surface area contributed by atoms with E-state index in [1.165, 1.54) is 29.7 Å². The third-order valence-electron chi connectivity index (χ3n) is 3.67. The summed E-state index contributed by atoms with van der Waals surface area (Å²) >= 11 is 0. The smallest absolute Gasteiger partial charge is 0.0411 e. The summed E-state index contributed by atoms with van der Waals surface area (Å²) in [5, 5.41) is 3.44. The molecule has 0 heterocycles. The van der Waals surface area contributed by atoms with Crippen LogP contribution in [0.3, 0.4) is 0 Å². The van der Waals surface area contributed by atoms with Crippen LogP contribution < -0.4 is 10.2 Å². The first-order chi connectivity index (χ1) is 8.63. The molecule has 1 N–H and O–H groups in total. The first-order valence-corrected chi connectivity index (χ1v) is 7.17. The Balaban J connectivity index is 2.98. The lowest BCUT2D eigenvalue weighted by Crippen LogP contribution is -2.31. The maximum absolute atomic E-state index is 3.44. The zero-order valence-electron chi connectivity index (χ0n) is 12.6. The molecule has 0 unspecified atom stereocenters. The number of nitrogens with one attached hydrogen (secondary N) is 1. The topological polar surface area (TPSA) is 15.3 Å². The summed E-state index contributed by atoms with van der Waals surface area (Å²) in [6.07, 6.45) is 2.39. The average molecular weight is 248 g/mol. The van der Waals surface area contributed by atoms with Crippen molar-refractivity contribution in [2.24, 2.45) is 0 Å². The van der Waals surface area contributed by atoms with Crippen molar-refractivity contribution in [1.29, 1.82) is 0 Å². The van der Waals surface area contributed by atoms with E-state index in [9.17, 15) is 0 Å². The highest BCUT2D eigenvalue weighted by Crippen LogP contribution is 2.24. The highest BCUT2D eigenvalue weighted by atomic mass is 15.1. The SMILES string of the molecule is CCNCc1cc(C)ccc1N(C)C(CC)CC. The maximum Gasteiger partial charge on any atom is 0.0411 e. The summed E-state index contributed by atoms with van der Waals surface area (Å²) < 4.78 is 0. The van der Waals surface area contributed by atoms with Gasteiger partial charge in [-0.05, 0) is 37.9 Å². The second-order valence-corrected chi connectivity index (χ2v) is 4.99. The fraction of sp³-hybridized carbons (Fsp3) is 0.625. The molecule has 0 fully saturated rings. The minimum Gasteiger partial charge on any atom is -0.371 e. The zero-order chi connectivity index (χ0) is 13.5. The molecule has 18 heavy (non-hydrogen) atoms. The van der Waals surface area contributed by atoms with E-state index in [2.05, 4.69) is 63.2 Å². The summed E-state index contributed by atoms with van der Waals surface area (Å²) in [4.78, 5) is 2.44. The van der Waals surface area contributed by atoms with E-state index in [0.29, 0.717) is 6.04 Å². The van der Waals surface area contributed by atoms with Crippen LogP contribution in [0.1, 0.15) is 44.7 Å². The van der Waals surface area contributed by atoms with E-state index in [0.717, 1.165) is 13.1 Å². The van der Waals surface area contributed by atoms with Gasteiger partial charge in [0.1, 0.15) is 0 Å². The molecule has 0 aliphatic heterocycles. The van der Waals surface area contributed by atoms with Crippen LogP contribution in [0.25, 0.3) is 0 Å². The lowest BCUT2D eigenvalue weighted by Gasteiger charge is -2.30. The summed E-state index contributed by atoms with van der Waals surface area (Å²) in [5.41, 5.74) is 4.12. The second kappa shape index (κ2) is 7.42. The van der Waals surface area contributed by atoms with Gasteiger partial charge in [-0.25, -0.2) is 0 Å². The van der Waals surface area contributed by atoms with Crippen LogP contribution in [0.4, 0.5) is 5.69 Å². The standard InChI is InChI=1S/C16H28N2/c1-6-15(7-2)18(5)16-10-9-13(4)11-14(16)12-17-8-3/h9-11,15,17H,6-8,12H2,1-5H3. The molecule has 0 aromatic heterocycles. The van der Waals surface area contributed by atoms with Crippen molar-refractivity contribution in [2.75, 3.05) is 18.5 Å². The van der Waals surface area contributed by atoms with E-state index in [1.807, 2.05) is 0 Å². The number of hydrogen-bond donors (Lipinski definition) is 1. The Morgan fingerprint density at radius 3 is 2.39 bits per heavy atom. The minimum atomic E-state index is 0.632. The quantitative estimate of drug-likeness (QED) is 0.791. The second-order valence-electron chi connectivity index (χ2n) is 4.99. The largest absolute Gasteiger partial charge is 0.371 e. The molecule has 0 aliphatic rings. The first-order valence-electron chi connectivity index (χ1n) is 7.17. The third-order valence-corrected chi connectivity index (χ3v) is 3.67. The van der Waals surface area contributed by atoms with Crippen molar-refractivity contribution < 1.29 is 0 Å². The van der Waals surface area contributed by atoms with Gasteiger partial charge in [0.15, 0.2) is 0 Å². The van der Waals surface area contributed by atoms with Gasteiger partial charge in [-0.1, -0.05) is 38.5 Å². The lowest BCUT2D eigenvalue weighted by atomic mass is 10.0. The van der Waals surface area contributed by atoms with Crippen LogP contribution in [0.15, 0.2) is 18.2 Å². The normalized spacial score (nSPS) is 11.0. The van der Waals surface area contributed by atoms with Gasteiger partial charge in [0.25, 0.3) is 0 Å². The molecular formula is C16H28N2. The molecule has 0 aliphatic carbocycles. The van der Waals surface area contributed by atoms with Crippen molar-refractivity contribution in [2.45, 2.75) is 53.1 Å². The summed E-state index contributed by atoms with van der Waals surface area (Å²) in [7, 11) is 2.22. The molecule has 102 valence electrons. The number of nitrogens with zero attached hydrogens (tertiary/aromatic N) is 1. The van der Waals surface area contributed by atoms with Gasteiger partial charge in [-0.2, -0.15) is 0 Å². The predicted octanol–water partition coefficient (Wildman–Crippen LogP) is 3.73. The van der Waals surface area contributed by atoms with Crippen molar-refractivity contribution in [3.8, 4) is 0 Å². The Morgan fingerprint density at radius 1 is 1.17 bits per heavy atom. The number of hydrogen-bond acceptors (Lipinski definition) is 2. The first kappa shape index (κ1) is 15.0. The zero-order valence-corrected chi connectivity index (χ0v) is 12.6. The summed E-state index contributed by atoms with van der Waals surface area (Å²) in [6.45, 7) is 10.8. The molecule has 1 rings (SSSR count). The molecule has 0 radical (unpaired) electrons. The molecule has 0 saturated heterocycles. The Kier molecular flexibility index (Phi) is 6.20. The van der Waals surface area contributed by atoms with Crippen molar-refractivity contribution in [3.05, 3.63) is 29.3 Å². The molecule has 0 bridgehead atoms. The monoisotopic (exact) mass is 248 g/mol. The maximum atomic E-state index is 3.44. The molecule has 0 amide bonds. The van der Waals surface area contributed by atoms with Crippen molar-refractivity contribution in [1.82, 2.24) is 5.32 Å². The van der Waals surface area contributed by atoms with Gasteiger partial charge in [0.2, 0.25) is 0 Å². The van der Waals surface area contributed by atoms with Gasteiger partial charge >= 0.3 is 0 Å². The molecule has 0 saturated carbocycles. The van der Waals surface area contributed by atoms with Crippen molar-refractivity contribution >= 4 is 5.69 Å². The number of benzene rings is 1. The lowest BCUT2D eigenvalue weighted by molar-refractivity contribution is 0.588. The van der Waals surface area contributed by atoms with Crippen LogP contribution in [-0.2, 0) is 6.54 Å². The Bertz CT molecular complexity index is 356. The fourth-order valence-corrected chi connectivity index (χ4v) is 2.49. The third kappa shape index (κ3) is 3.74. The van der Waals surface area contributed by atoms with E-state index in [-0.39, 0.29) is 0 Å². The molecule has 0 spiro atoms. The molecule has 2 nitrogen and oxygen atoms in total. The summed E-state index contributed by atoms with van der Waals surface area (Å²) in [6, 6.07) is 7.41. The highest BCUT2D eigenvalue weighted by molar-refractivity contribution is 5.55. The molecule has 0 atom stereocenters. The van der Waals surface area contributed by atoms with Gasteiger partial charge in [0, 0.05) is 25.3 Å². The van der Waals surface area contributed by atoms with Crippen molar-refractivity contribution in [3.63, 3.8) is 0 Å². The van der Waals surface area contributed by atoms with E-state index >= 15 is 0 Å². The van der Waals surface area contributed by atoms with Gasteiger partial charge in [0.05, 0.1) is 0 Å². The van der Waals surface area contributed by atoms with Gasteiger partial charge < -0.3 is 10.2 Å². The van der Waals surface area contributed by atoms with Crippen LogP contribution in [0.2, 0.25) is 0 Å². The minimum absolute atomic E-state index is 0.632. The number of rotatable bonds is 7. The molecular weight excluding hydrogens is 220 g/mol. The Hall–Kier alpha value is -1.02. The predicted molar refractivity (Wildman–Crippen MR) is 81.3 cm³/mol. The van der Waals surface area contributed by atoms with Crippen LogP contribution >= 0.6 is 0 Å². The highest BCUT2D eigenvalue weighted by Gasteiger charge is 2.14. The summed E-state index contributed by atoms with van der Waals surface area (Å²) in [5.74, 6) is 0. The Morgan fingerprint density at radius 2 is 1.83 bits per heavy atom. The van der Waals surface area contributed by atoms with Crippen LogP contribution in [0, 0.1) is 6.92 Å².